The molecule has 1 amide bonds. The van der Waals surface area contributed by atoms with Crippen molar-refractivity contribution in [2.75, 3.05) is 5.32 Å². The predicted octanol–water partition coefficient (Wildman–Crippen LogP) is 1.90. The lowest BCUT2D eigenvalue weighted by Crippen LogP contribution is -2.41. The molecular formula is C17H19N3O4S. The van der Waals surface area contributed by atoms with E-state index in [0.29, 0.717) is 11.4 Å². The molecule has 132 valence electrons. The molecule has 0 aliphatic heterocycles. The number of nitrogens with one attached hydrogen (secondary N) is 2. The van der Waals surface area contributed by atoms with Gasteiger partial charge in [0, 0.05) is 11.8 Å². The zero-order chi connectivity index (χ0) is 18.6. The Balaban J connectivity index is 2.06. The van der Waals surface area contributed by atoms with Gasteiger partial charge in [0.2, 0.25) is 15.9 Å². The van der Waals surface area contributed by atoms with Gasteiger partial charge < -0.3 is 5.32 Å². The van der Waals surface area contributed by atoms with Gasteiger partial charge in [0.05, 0.1) is 10.9 Å². The van der Waals surface area contributed by atoms with Gasteiger partial charge in [-0.3, -0.25) is 9.59 Å². The summed E-state index contributed by atoms with van der Waals surface area (Å²) in [6.07, 6.45) is 1.60. The summed E-state index contributed by atoms with van der Waals surface area (Å²) in [6, 6.07) is 7.93. The molecule has 25 heavy (non-hydrogen) atoms. The number of aryl methyl sites for hydroxylation is 1. The summed E-state index contributed by atoms with van der Waals surface area (Å²) >= 11 is 0. The Bertz CT molecular complexity index is 875. The molecule has 1 atom stereocenters. The van der Waals surface area contributed by atoms with Crippen molar-refractivity contribution in [1.82, 2.24) is 9.71 Å². The van der Waals surface area contributed by atoms with E-state index in [0.717, 1.165) is 5.56 Å². The fourth-order valence-electron chi connectivity index (χ4n) is 2.00. The molecule has 0 saturated carbocycles. The van der Waals surface area contributed by atoms with Crippen LogP contribution in [0.1, 0.15) is 29.8 Å². The molecule has 1 heterocycles. The third-order valence-electron chi connectivity index (χ3n) is 3.46. The lowest BCUT2D eigenvalue weighted by Gasteiger charge is -2.14. The topological polar surface area (TPSA) is 105 Å². The van der Waals surface area contributed by atoms with Crippen LogP contribution in [-0.4, -0.2) is 31.1 Å². The molecule has 0 bridgehead atoms. The Morgan fingerprint density at radius 3 is 2.24 bits per heavy atom. The van der Waals surface area contributed by atoms with E-state index in [2.05, 4.69) is 15.0 Å². The molecule has 2 aromatic rings. The second-order valence-electron chi connectivity index (χ2n) is 5.63. The molecular weight excluding hydrogens is 342 g/mol. The van der Waals surface area contributed by atoms with Crippen LogP contribution in [0.5, 0.6) is 0 Å². The molecule has 0 aliphatic rings. The third kappa shape index (κ3) is 4.94. The number of carbonyl (C=O) groups is 2. The molecule has 7 nitrogen and oxygen atoms in total. The van der Waals surface area contributed by atoms with E-state index in [-0.39, 0.29) is 10.7 Å². The standard InChI is InChI=1S/C17H19N3O4S/c1-11-4-9-16(18-10-11)19-17(22)12(2)20-25(23,24)15-7-5-14(6-8-15)13(3)21/h4-10,12,20H,1-3H3,(H,18,19,22)/t12-/m0/s1. The maximum Gasteiger partial charge on any atom is 0.243 e. The number of aromatic nitrogens is 1. The van der Waals surface area contributed by atoms with Crippen molar-refractivity contribution in [3.8, 4) is 0 Å². The zero-order valence-corrected chi connectivity index (χ0v) is 14.9. The van der Waals surface area contributed by atoms with Gasteiger partial charge in [-0.05, 0) is 44.5 Å². The molecule has 0 spiro atoms. The number of rotatable bonds is 6. The van der Waals surface area contributed by atoms with Gasteiger partial charge in [-0.15, -0.1) is 0 Å². The van der Waals surface area contributed by atoms with E-state index < -0.39 is 22.0 Å². The summed E-state index contributed by atoms with van der Waals surface area (Å²) < 4.78 is 27.0. The normalized spacial score (nSPS) is 12.4. The largest absolute Gasteiger partial charge is 0.309 e. The van der Waals surface area contributed by atoms with Crippen molar-refractivity contribution in [3.63, 3.8) is 0 Å². The van der Waals surface area contributed by atoms with Crippen LogP contribution in [0, 0.1) is 6.92 Å². The number of pyridine rings is 1. The Kier molecular flexibility index (Phi) is 5.66. The van der Waals surface area contributed by atoms with Crippen molar-refractivity contribution >= 4 is 27.5 Å². The van der Waals surface area contributed by atoms with Crippen LogP contribution in [0.25, 0.3) is 0 Å². The number of anilines is 1. The smallest absolute Gasteiger partial charge is 0.243 e. The average molecular weight is 361 g/mol. The number of hydrogen-bond donors (Lipinski definition) is 2. The third-order valence-corrected chi connectivity index (χ3v) is 5.02. The number of nitrogens with zero attached hydrogens (tertiary/aromatic N) is 1. The van der Waals surface area contributed by atoms with Crippen LogP contribution in [0.4, 0.5) is 5.82 Å². The van der Waals surface area contributed by atoms with E-state index >= 15 is 0 Å². The molecule has 1 aromatic carbocycles. The van der Waals surface area contributed by atoms with E-state index in [1.807, 2.05) is 6.92 Å². The van der Waals surface area contributed by atoms with Gasteiger partial charge >= 0.3 is 0 Å². The lowest BCUT2D eigenvalue weighted by atomic mass is 10.2. The SMILES string of the molecule is CC(=O)c1ccc(S(=O)(=O)N[C@@H](C)C(=O)Nc2ccc(C)cn2)cc1. The van der Waals surface area contributed by atoms with Crippen LogP contribution in [-0.2, 0) is 14.8 Å². The maximum absolute atomic E-state index is 12.3. The Hall–Kier alpha value is -2.58. The number of sulfonamides is 1. The molecule has 0 radical (unpaired) electrons. The van der Waals surface area contributed by atoms with E-state index in [1.54, 1.807) is 18.3 Å². The number of hydrogen-bond acceptors (Lipinski definition) is 5. The number of Topliss-reactive ketones (excluding diaryl/α,β-unsaturated/α-hetero) is 1. The van der Waals surface area contributed by atoms with Crippen LogP contribution >= 0.6 is 0 Å². The van der Waals surface area contributed by atoms with Crippen molar-refractivity contribution in [2.24, 2.45) is 0 Å². The minimum atomic E-state index is -3.89. The van der Waals surface area contributed by atoms with E-state index in [4.69, 9.17) is 0 Å². The van der Waals surface area contributed by atoms with E-state index in [9.17, 15) is 18.0 Å². The summed E-state index contributed by atoms with van der Waals surface area (Å²) in [4.78, 5) is 27.4. The Morgan fingerprint density at radius 1 is 1.08 bits per heavy atom. The van der Waals surface area contributed by atoms with Gasteiger partial charge in [0.25, 0.3) is 0 Å². The zero-order valence-electron chi connectivity index (χ0n) is 14.1. The highest BCUT2D eigenvalue weighted by Gasteiger charge is 2.22. The summed E-state index contributed by atoms with van der Waals surface area (Å²) in [5.74, 6) is -0.344. The van der Waals surface area contributed by atoms with Crippen LogP contribution < -0.4 is 10.0 Å². The maximum atomic E-state index is 12.3. The monoisotopic (exact) mass is 361 g/mol. The lowest BCUT2D eigenvalue weighted by molar-refractivity contribution is -0.117. The van der Waals surface area contributed by atoms with Gasteiger partial charge in [-0.1, -0.05) is 18.2 Å². The van der Waals surface area contributed by atoms with Crippen molar-refractivity contribution < 1.29 is 18.0 Å². The van der Waals surface area contributed by atoms with Crippen molar-refractivity contribution in [2.45, 2.75) is 31.7 Å². The van der Waals surface area contributed by atoms with Crippen molar-refractivity contribution in [1.29, 1.82) is 0 Å². The minimum absolute atomic E-state index is 0.0226. The number of amides is 1. The molecule has 0 saturated heterocycles. The fraction of sp³-hybridized carbons (Fsp3) is 0.235. The van der Waals surface area contributed by atoms with Gasteiger partial charge in [0.15, 0.2) is 5.78 Å². The highest BCUT2D eigenvalue weighted by atomic mass is 32.2. The second kappa shape index (κ2) is 7.54. The Labute approximate surface area is 146 Å². The first-order valence-electron chi connectivity index (χ1n) is 7.56. The quantitative estimate of drug-likeness (QED) is 0.765. The first kappa shape index (κ1) is 18.8. The molecule has 2 N–H and O–H groups in total. The van der Waals surface area contributed by atoms with Crippen LogP contribution in [0.2, 0.25) is 0 Å². The molecule has 2 rings (SSSR count). The van der Waals surface area contributed by atoms with Gasteiger partial charge in [-0.25, -0.2) is 13.4 Å². The first-order chi connectivity index (χ1) is 11.7. The molecule has 8 heteroatoms. The minimum Gasteiger partial charge on any atom is -0.309 e. The fourth-order valence-corrected chi connectivity index (χ4v) is 3.20. The highest BCUT2D eigenvalue weighted by Crippen LogP contribution is 2.12. The van der Waals surface area contributed by atoms with Gasteiger partial charge in [0.1, 0.15) is 5.82 Å². The van der Waals surface area contributed by atoms with Crippen LogP contribution in [0.3, 0.4) is 0 Å². The molecule has 0 fully saturated rings. The average Bonchev–Trinajstić information content (AvgIpc) is 2.56. The first-order valence-corrected chi connectivity index (χ1v) is 9.04. The van der Waals surface area contributed by atoms with Gasteiger partial charge in [-0.2, -0.15) is 4.72 Å². The molecule has 0 aliphatic carbocycles. The Morgan fingerprint density at radius 2 is 1.72 bits per heavy atom. The number of carbonyl (C=O) groups excluding carboxylic acids is 2. The van der Waals surface area contributed by atoms with E-state index in [1.165, 1.54) is 38.1 Å². The molecule has 0 unspecified atom stereocenters. The number of ketones is 1. The summed E-state index contributed by atoms with van der Waals surface area (Å²) in [7, 11) is -3.89. The second-order valence-corrected chi connectivity index (χ2v) is 7.35. The summed E-state index contributed by atoms with van der Waals surface area (Å²) in [5.41, 5.74) is 1.36. The predicted molar refractivity (Wildman–Crippen MR) is 93.8 cm³/mol. The number of benzene rings is 1. The van der Waals surface area contributed by atoms with Crippen LogP contribution in [0.15, 0.2) is 47.5 Å². The molecule has 1 aromatic heterocycles. The summed E-state index contributed by atoms with van der Waals surface area (Å²) in [6.45, 7) is 4.70. The highest BCUT2D eigenvalue weighted by molar-refractivity contribution is 7.89. The van der Waals surface area contributed by atoms with Crippen molar-refractivity contribution in [3.05, 3.63) is 53.7 Å². The summed E-state index contributed by atoms with van der Waals surface area (Å²) in [5, 5.41) is 2.55.